The Bertz CT molecular complexity index is 1300. The van der Waals surface area contributed by atoms with Crippen LogP contribution in [-0.2, 0) is 32.6 Å². The zero-order chi connectivity index (χ0) is 26.3. The molecule has 0 aromatic heterocycles. The van der Waals surface area contributed by atoms with Crippen LogP contribution in [0.2, 0.25) is 5.02 Å². The quantitative estimate of drug-likeness (QED) is 0.434. The summed E-state index contributed by atoms with van der Waals surface area (Å²) < 4.78 is 26.5. The molecule has 36 heavy (non-hydrogen) atoms. The number of nitrogens with zero attached hydrogens (tertiary/aromatic N) is 2. The largest absolute Gasteiger partial charge is 0.357 e. The molecule has 190 valence electrons. The van der Waals surface area contributed by atoms with Gasteiger partial charge < -0.3 is 10.2 Å². The molecule has 0 aliphatic rings. The van der Waals surface area contributed by atoms with Gasteiger partial charge in [0.2, 0.25) is 21.8 Å². The zero-order valence-corrected chi connectivity index (χ0v) is 22.1. The summed E-state index contributed by atoms with van der Waals surface area (Å²) in [5.41, 5.74) is 2.76. The molecule has 0 spiro atoms. The first-order valence-electron chi connectivity index (χ1n) is 11.4. The first kappa shape index (κ1) is 27.2. The molecular formula is C27H30ClN3O4S. The van der Waals surface area contributed by atoms with Crippen molar-refractivity contribution in [3.05, 3.63) is 101 Å². The SMILES string of the molecule is CNC(=O)[C@@H](Cc1ccccc1)N(Cc1ccccc1)C(=O)CN(c1ccc(C)c(Cl)c1)S(C)(=O)=O. The van der Waals surface area contributed by atoms with Gasteiger partial charge in [-0.15, -0.1) is 0 Å². The van der Waals surface area contributed by atoms with Crippen molar-refractivity contribution in [1.29, 1.82) is 0 Å². The third kappa shape index (κ3) is 7.08. The fourth-order valence-electron chi connectivity index (χ4n) is 3.85. The van der Waals surface area contributed by atoms with Gasteiger partial charge in [-0.2, -0.15) is 0 Å². The highest BCUT2D eigenvalue weighted by molar-refractivity contribution is 7.92. The van der Waals surface area contributed by atoms with Crippen LogP contribution in [-0.4, -0.2) is 51.0 Å². The molecule has 0 saturated carbocycles. The number of nitrogens with one attached hydrogen (secondary N) is 1. The van der Waals surface area contributed by atoms with E-state index < -0.39 is 28.5 Å². The number of benzene rings is 3. The van der Waals surface area contributed by atoms with Crippen LogP contribution >= 0.6 is 11.6 Å². The first-order valence-corrected chi connectivity index (χ1v) is 13.7. The Balaban J connectivity index is 2.01. The molecule has 0 heterocycles. The molecule has 0 saturated heterocycles. The van der Waals surface area contributed by atoms with E-state index in [4.69, 9.17) is 11.6 Å². The molecule has 1 atom stereocenters. The van der Waals surface area contributed by atoms with Crippen LogP contribution in [0.4, 0.5) is 5.69 Å². The lowest BCUT2D eigenvalue weighted by molar-refractivity contribution is -0.139. The van der Waals surface area contributed by atoms with E-state index in [2.05, 4.69) is 5.32 Å². The van der Waals surface area contributed by atoms with Crippen LogP contribution in [0.15, 0.2) is 78.9 Å². The third-order valence-corrected chi connectivity index (χ3v) is 7.38. The Morgan fingerprint density at radius 2 is 1.53 bits per heavy atom. The molecule has 7 nitrogen and oxygen atoms in total. The average molecular weight is 528 g/mol. The fourth-order valence-corrected chi connectivity index (χ4v) is 4.87. The number of carbonyl (C=O) groups is 2. The lowest BCUT2D eigenvalue weighted by atomic mass is 10.0. The number of hydrogen-bond acceptors (Lipinski definition) is 4. The highest BCUT2D eigenvalue weighted by atomic mass is 35.5. The normalized spacial score (nSPS) is 12.0. The molecular weight excluding hydrogens is 498 g/mol. The molecule has 3 aromatic rings. The summed E-state index contributed by atoms with van der Waals surface area (Å²) in [7, 11) is -2.32. The van der Waals surface area contributed by atoms with Crippen molar-refractivity contribution in [3.8, 4) is 0 Å². The number of amides is 2. The van der Waals surface area contributed by atoms with Crippen LogP contribution < -0.4 is 9.62 Å². The Hall–Kier alpha value is -3.36. The van der Waals surface area contributed by atoms with E-state index in [1.165, 1.54) is 18.0 Å². The van der Waals surface area contributed by atoms with E-state index in [-0.39, 0.29) is 24.6 Å². The number of rotatable bonds is 10. The minimum Gasteiger partial charge on any atom is -0.357 e. The zero-order valence-electron chi connectivity index (χ0n) is 20.5. The Morgan fingerprint density at radius 1 is 0.944 bits per heavy atom. The molecule has 1 N–H and O–H groups in total. The Kier molecular flexibility index (Phi) is 9.12. The van der Waals surface area contributed by atoms with E-state index in [1.54, 1.807) is 19.1 Å². The van der Waals surface area contributed by atoms with Crippen molar-refractivity contribution in [2.24, 2.45) is 0 Å². The Morgan fingerprint density at radius 3 is 2.06 bits per heavy atom. The smallest absolute Gasteiger partial charge is 0.244 e. The lowest BCUT2D eigenvalue weighted by Gasteiger charge is -2.33. The van der Waals surface area contributed by atoms with E-state index in [1.807, 2.05) is 60.7 Å². The molecule has 0 fully saturated rings. The van der Waals surface area contributed by atoms with Gasteiger partial charge in [0.25, 0.3) is 0 Å². The van der Waals surface area contributed by atoms with Crippen molar-refractivity contribution in [2.75, 3.05) is 24.2 Å². The number of likely N-dealkylation sites (N-methyl/N-ethyl adjacent to an activating group) is 1. The van der Waals surface area contributed by atoms with Crippen molar-refractivity contribution >= 4 is 39.1 Å². The molecule has 2 amide bonds. The predicted molar refractivity (Wildman–Crippen MR) is 143 cm³/mol. The van der Waals surface area contributed by atoms with Crippen molar-refractivity contribution in [2.45, 2.75) is 25.9 Å². The maximum atomic E-state index is 13.8. The summed E-state index contributed by atoms with van der Waals surface area (Å²) in [4.78, 5) is 28.3. The summed E-state index contributed by atoms with van der Waals surface area (Å²) in [5, 5.41) is 3.04. The number of anilines is 1. The average Bonchev–Trinajstić information content (AvgIpc) is 2.86. The number of carbonyl (C=O) groups excluding carboxylic acids is 2. The van der Waals surface area contributed by atoms with Crippen LogP contribution in [0.3, 0.4) is 0 Å². The second-order valence-electron chi connectivity index (χ2n) is 8.53. The van der Waals surface area contributed by atoms with Gasteiger partial charge in [0.1, 0.15) is 12.6 Å². The second-order valence-corrected chi connectivity index (χ2v) is 10.8. The number of sulfonamides is 1. The summed E-state index contributed by atoms with van der Waals surface area (Å²) >= 11 is 6.25. The molecule has 0 radical (unpaired) electrons. The van der Waals surface area contributed by atoms with Gasteiger partial charge in [-0.1, -0.05) is 78.3 Å². The van der Waals surface area contributed by atoms with Gasteiger partial charge >= 0.3 is 0 Å². The fraction of sp³-hybridized carbons (Fsp3) is 0.259. The topological polar surface area (TPSA) is 86.8 Å². The molecule has 0 bridgehead atoms. The van der Waals surface area contributed by atoms with Gasteiger partial charge in [0.15, 0.2) is 0 Å². The first-order chi connectivity index (χ1) is 17.1. The van der Waals surface area contributed by atoms with Crippen molar-refractivity contribution in [1.82, 2.24) is 10.2 Å². The summed E-state index contributed by atoms with van der Waals surface area (Å²) in [5.74, 6) is -0.849. The summed E-state index contributed by atoms with van der Waals surface area (Å²) in [6, 6.07) is 22.6. The van der Waals surface area contributed by atoms with Gasteiger partial charge in [0, 0.05) is 25.0 Å². The molecule has 3 aromatic carbocycles. The maximum absolute atomic E-state index is 13.8. The third-order valence-electron chi connectivity index (χ3n) is 5.84. The van der Waals surface area contributed by atoms with Gasteiger partial charge in [-0.05, 0) is 35.7 Å². The number of halogens is 1. The van der Waals surface area contributed by atoms with Crippen LogP contribution in [0, 0.1) is 6.92 Å². The highest BCUT2D eigenvalue weighted by Crippen LogP contribution is 2.25. The van der Waals surface area contributed by atoms with E-state index in [9.17, 15) is 18.0 Å². The van der Waals surface area contributed by atoms with Crippen LogP contribution in [0.1, 0.15) is 16.7 Å². The van der Waals surface area contributed by atoms with E-state index in [0.29, 0.717) is 5.02 Å². The maximum Gasteiger partial charge on any atom is 0.244 e. The number of aryl methyl sites for hydroxylation is 1. The molecule has 0 aliphatic heterocycles. The number of hydrogen-bond donors (Lipinski definition) is 1. The highest BCUT2D eigenvalue weighted by Gasteiger charge is 2.32. The van der Waals surface area contributed by atoms with E-state index >= 15 is 0 Å². The van der Waals surface area contributed by atoms with Gasteiger partial charge in [0.05, 0.1) is 11.9 Å². The van der Waals surface area contributed by atoms with Gasteiger partial charge in [-0.3, -0.25) is 13.9 Å². The van der Waals surface area contributed by atoms with Gasteiger partial charge in [-0.25, -0.2) is 8.42 Å². The van der Waals surface area contributed by atoms with Crippen molar-refractivity contribution in [3.63, 3.8) is 0 Å². The minimum absolute atomic E-state index is 0.136. The molecule has 0 aliphatic carbocycles. The standard InChI is InChI=1S/C27H30ClN3O4S/c1-20-14-15-23(17-24(20)28)31(36(3,34)35)19-26(32)30(18-22-12-8-5-9-13-22)25(27(33)29-2)16-21-10-6-4-7-11-21/h4-15,17,25H,16,18-19H2,1-3H3,(H,29,33)/t25-/m1/s1. The predicted octanol–water partition coefficient (Wildman–Crippen LogP) is 3.80. The van der Waals surface area contributed by atoms with E-state index in [0.717, 1.165) is 27.3 Å². The minimum atomic E-state index is -3.83. The molecule has 9 heteroatoms. The second kappa shape index (κ2) is 12.1. The monoisotopic (exact) mass is 527 g/mol. The molecule has 3 rings (SSSR count). The van der Waals surface area contributed by atoms with Crippen LogP contribution in [0.25, 0.3) is 0 Å². The van der Waals surface area contributed by atoms with Crippen LogP contribution in [0.5, 0.6) is 0 Å². The van der Waals surface area contributed by atoms with Crippen molar-refractivity contribution < 1.29 is 18.0 Å². The summed E-state index contributed by atoms with van der Waals surface area (Å²) in [6.07, 6.45) is 1.31. The molecule has 0 unspecified atom stereocenters. The Labute approximate surface area is 217 Å². The summed E-state index contributed by atoms with van der Waals surface area (Å²) in [6.45, 7) is 1.46. The lowest BCUT2D eigenvalue weighted by Crippen LogP contribution is -2.52.